The highest BCUT2D eigenvalue weighted by molar-refractivity contribution is 7.80. The fraction of sp³-hybridized carbons (Fsp3) is 0.438. The van der Waals surface area contributed by atoms with E-state index in [4.69, 9.17) is 21.7 Å². The maximum absolute atomic E-state index is 12.0. The van der Waals surface area contributed by atoms with E-state index in [2.05, 4.69) is 16.2 Å². The van der Waals surface area contributed by atoms with Crippen LogP contribution in [0.4, 0.5) is 0 Å². The van der Waals surface area contributed by atoms with Crippen molar-refractivity contribution in [2.45, 2.75) is 26.7 Å². The van der Waals surface area contributed by atoms with E-state index in [1.807, 2.05) is 13.8 Å². The van der Waals surface area contributed by atoms with E-state index in [9.17, 15) is 9.59 Å². The lowest BCUT2D eigenvalue weighted by atomic mass is 10.2. The molecule has 0 saturated carbocycles. The van der Waals surface area contributed by atoms with Gasteiger partial charge in [-0.1, -0.05) is 6.92 Å². The van der Waals surface area contributed by atoms with Gasteiger partial charge in [-0.2, -0.15) is 0 Å². The summed E-state index contributed by atoms with van der Waals surface area (Å²) in [6.07, 6.45) is 1.12. The average Bonchev–Trinajstić information content (AvgIpc) is 2.58. The maximum atomic E-state index is 12.0. The molecule has 0 saturated heterocycles. The minimum absolute atomic E-state index is 0.0102. The number of ether oxygens (including phenoxy) is 2. The molecule has 0 aliphatic heterocycles. The van der Waals surface area contributed by atoms with Crippen molar-refractivity contribution in [2.24, 2.45) is 0 Å². The Hall–Kier alpha value is -2.19. The van der Waals surface area contributed by atoms with Crippen LogP contribution in [0.25, 0.3) is 0 Å². The number of nitrogens with one attached hydrogen (secondary N) is 3. The second-order valence-electron chi connectivity index (χ2n) is 4.78. The maximum Gasteiger partial charge on any atom is 0.257 e. The Bertz CT molecular complexity index is 549. The highest BCUT2D eigenvalue weighted by atomic mass is 32.1. The molecule has 132 valence electrons. The highest BCUT2D eigenvalue weighted by Gasteiger charge is 2.09. The van der Waals surface area contributed by atoms with Crippen LogP contribution in [0.3, 0.4) is 0 Å². The van der Waals surface area contributed by atoms with Gasteiger partial charge in [-0.3, -0.25) is 25.8 Å². The SMILES string of the molecule is CCCOc1ccc(C(=O)NC(=S)NNC(=O)CCOCC)cc1. The van der Waals surface area contributed by atoms with Gasteiger partial charge in [0, 0.05) is 12.2 Å². The zero-order valence-electron chi connectivity index (χ0n) is 13.9. The summed E-state index contributed by atoms with van der Waals surface area (Å²) in [4.78, 5) is 23.5. The van der Waals surface area contributed by atoms with E-state index in [1.165, 1.54) is 0 Å². The van der Waals surface area contributed by atoms with Gasteiger partial charge in [0.15, 0.2) is 5.11 Å². The number of thiocarbonyl (C=S) groups is 1. The number of benzene rings is 1. The molecule has 0 aliphatic carbocycles. The van der Waals surface area contributed by atoms with Crippen molar-refractivity contribution in [2.75, 3.05) is 19.8 Å². The second-order valence-corrected chi connectivity index (χ2v) is 5.18. The molecule has 0 atom stereocenters. The zero-order chi connectivity index (χ0) is 17.8. The second kappa shape index (κ2) is 11.4. The molecule has 0 aromatic heterocycles. The molecule has 0 fully saturated rings. The van der Waals surface area contributed by atoms with Crippen LogP contribution in [0.15, 0.2) is 24.3 Å². The Labute approximate surface area is 147 Å². The summed E-state index contributed by atoms with van der Waals surface area (Å²) in [5.74, 6) is 0.0474. The van der Waals surface area contributed by atoms with Gasteiger partial charge in [-0.05, 0) is 49.8 Å². The predicted molar refractivity (Wildman–Crippen MR) is 94.7 cm³/mol. The third kappa shape index (κ3) is 7.89. The molecule has 7 nitrogen and oxygen atoms in total. The van der Waals surface area contributed by atoms with Gasteiger partial charge < -0.3 is 9.47 Å². The molecule has 0 radical (unpaired) electrons. The van der Waals surface area contributed by atoms with E-state index in [-0.39, 0.29) is 23.3 Å². The summed E-state index contributed by atoms with van der Waals surface area (Å²) < 4.78 is 10.5. The Morgan fingerprint density at radius 1 is 1.08 bits per heavy atom. The van der Waals surface area contributed by atoms with Crippen molar-refractivity contribution in [1.82, 2.24) is 16.2 Å². The van der Waals surface area contributed by atoms with E-state index in [1.54, 1.807) is 24.3 Å². The minimum atomic E-state index is -0.377. The van der Waals surface area contributed by atoms with E-state index in [0.29, 0.717) is 31.1 Å². The first-order valence-electron chi connectivity index (χ1n) is 7.77. The molecule has 1 rings (SSSR count). The lowest BCUT2D eigenvalue weighted by Gasteiger charge is -2.11. The predicted octanol–water partition coefficient (Wildman–Crippen LogP) is 1.54. The third-order valence-corrected chi connectivity index (χ3v) is 3.01. The van der Waals surface area contributed by atoms with Crippen LogP contribution in [-0.2, 0) is 9.53 Å². The Morgan fingerprint density at radius 3 is 2.42 bits per heavy atom. The van der Waals surface area contributed by atoms with Crippen molar-refractivity contribution in [1.29, 1.82) is 0 Å². The standard InChI is InChI=1S/C16H23N3O4S/c1-3-10-23-13-7-5-12(6-8-13)15(21)17-16(24)19-18-14(20)9-11-22-4-2/h5-8H,3-4,9-11H2,1-2H3,(H,18,20)(H2,17,19,21,24). The van der Waals surface area contributed by atoms with Gasteiger partial charge >= 0.3 is 0 Å². The summed E-state index contributed by atoms with van der Waals surface area (Å²) in [6, 6.07) is 6.72. The number of rotatable bonds is 8. The molecule has 0 unspecified atom stereocenters. The smallest absolute Gasteiger partial charge is 0.257 e. The molecule has 24 heavy (non-hydrogen) atoms. The molecule has 3 N–H and O–H groups in total. The van der Waals surface area contributed by atoms with Crippen LogP contribution >= 0.6 is 12.2 Å². The topological polar surface area (TPSA) is 88.7 Å². The van der Waals surface area contributed by atoms with E-state index < -0.39 is 0 Å². The third-order valence-electron chi connectivity index (χ3n) is 2.81. The fourth-order valence-electron chi connectivity index (χ4n) is 1.63. The van der Waals surface area contributed by atoms with Crippen molar-refractivity contribution < 1.29 is 19.1 Å². The fourth-order valence-corrected chi connectivity index (χ4v) is 1.77. The summed E-state index contributed by atoms with van der Waals surface area (Å²) in [5, 5.41) is 2.49. The average molecular weight is 353 g/mol. The first-order chi connectivity index (χ1) is 11.6. The van der Waals surface area contributed by atoms with Crippen molar-refractivity contribution in [3.8, 4) is 5.75 Å². The molecule has 0 aliphatic rings. The van der Waals surface area contributed by atoms with Crippen LogP contribution in [-0.4, -0.2) is 36.7 Å². The Morgan fingerprint density at radius 2 is 1.79 bits per heavy atom. The lowest BCUT2D eigenvalue weighted by Crippen LogP contribution is -2.48. The number of amides is 2. The molecule has 1 aromatic carbocycles. The molecular formula is C16H23N3O4S. The highest BCUT2D eigenvalue weighted by Crippen LogP contribution is 2.12. The van der Waals surface area contributed by atoms with Gasteiger partial charge in [0.25, 0.3) is 5.91 Å². The first kappa shape index (κ1) is 19.9. The van der Waals surface area contributed by atoms with E-state index in [0.717, 1.165) is 6.42 Å². The molecule has 0 spiro atoms. The van der Waals surface area contributed by atoms with Crippen LogP contribution < -0.4 is 20.9 Å². The normalized spacial score (nSPS) is 9.92. The van der Waals surface area contributed by atoms with Crippen molar-refractivity contribution in [3.05, 3.63) is 29.8 Å². The van der Waals surface area contributed by atoms with E-state index >= 15 is 0 Å². The molecule has 1 aromatic rings. The number of hydrogen-bond acceptors (Lipinski definition) is 5. The number of hydrogen-bond donors (Lipinski definition) is 3. The van der Waals surface area contributed by atoms with Crippen molar-refractivity contribution in [3.63, 3.8) is 0 Å². The summed E-state index contributed by atoms with van der Waals surface area (Å²) in [5.41, 5.74) is 5.29. The van der Waals surface area contributed by atoms with Crippen LogP contribution in [0.1, 0.15) is 37.0 Å². The van der Waals surface area contributed by atoms with Gasteiger partial charge in [0.1, 0.15) is 5.75 Å². The van der Waals surface area contributed by atoms with Crippen LogP contribution in [0.5, 0.6) is 5.75 Å². The molecule has 0 bridgehead atoms. The van der Waals surface area contributed by atoms with Gasteiger partial charge in [-0.25, -0.2) is 0 Å². The lowest BCUT2D eigenvalue weighted by molar-refractivity contribution is -0.122. The van der Waals surface area contributed by atoms with Gasteiger partial charge in [0.2, 0.25) is 5.91 Å². The zero-order valence-corrected chi connectivity index (χ0v) is 14.7. The summed E-state index contributed by atoms with van der Waals surface area (Å²) in [7, 11) is 0. The molecule has 0 heterocycles. The number of carbonyl (C=O) groups is 2. The summed E-state index contributed by atoms with van der Waals surface area (Å²) in [6.45, 7) is 5.38. The first-order valence-corrected chi connectivity index (χ1v) is 8.18. The van der Waals surface area contributed by atoms with Crippen molar-refractivity contribution >= 4 is 29.1 Å². The monoisotopic (exact) mass is 353 g/mol. The quantitative estimate of drug-likeness (QED) is 0.373. The minimum Gasteiger partial charge on any atom is -0.494 e. The molecule has 8 heteroatoms. The Kier molecular flexibility index (Phi) is 9.40. The number of hydrazine groups is 1. The van der Waals surface area contributed by atoms with Crippen LogP contribution in [0, 0.1) is 0 Å². The van der Waals surface area contributed by atoms with Crippen LogP contribution in [0.2, 0.25) is 0 Å². The molecule has 2 amide bonds. The summed E-state index contributed by atoms with van der Waals surface area (Å²) >= 11 is 4.95. The Balaban J connectivity index is 2.35. The largest absolute Gasteiger partial charge is 0.494 e. The molecular weight excluding hydrogens is 330 g/mol. The van der Waals surface area contributed by atoms with Gasteiger partial charge in [0.05, 0.1) is 19.6 Å². The van der Waals surface area contributed by atoms with Gasteiger partial charge in [-0.15, -0.1) is 0 Å². The number of carbonyl (C=O) groups excluding carboxylic acids is 2.